The quantitative estimate of drug-likeness (QED) is 0.787. The molecule has 2 aliphatic rings. The predicted octanol–water partition coefficient (Wildman–Crippen LogP) is 3.67. The molecule has 0 amide bonds. The number of piperidine rings is 1. The standard InChI is InChI=1S/C20H24ClF2NO2/c1-19(2,3)5-4-13-6-14(21)8-16(7-13)26-12-15(25)9-24-10-17-18(11-24)20(17,22)23/h6-8,15,17-18,25H,9-12H2,1-3H3. The molecule has 1 aliphatic heterocycles. The second kappa shape index (κ2) is 6.99. The normalized spacial score (nSPS) is 25.2. The van der Waals surface area contributed by atoms with E-state index in [1.807, 2.05) is 25.7 Å². The van der Waals surface area contributed by atoms with Crippen LogP contribution in [0.3, 0.4) is 0 Å². The smallest absolute Gasteiger partial charge is 0.257 e. The molecule has 3 rings (SSSR count). The second-order valence-corrected chi connectivity index (χ2v) is 8.68. The van der Waals surface area contributed by atoms with Crippen LogP contribution in [0.4, 0.5) is 8.78 Å². The van der Waals surface area contributed by atoms with Gasteiger partial charge in [-0.3, -0.25) is 4.90 Å². The first kappa shape index (κ1) is 19.4. The fourth-order valence-electron chi connectivity index (χ4n) is 3.26. The Morgan fingerprint density at radius 3 is 2.58 bits per heavy atom. The number of rotatable bonds is 5. The maximum Gasteiger partial charge on any atom is 0.257 e. The summed E-state index contributed by atoms with van der Waals surface area (Å²) in [6, 6.07) is 5.21. The molecule has 1 aliphatic carbocycles. The number of likely N-dealkylation sites (tertiary alicyclic amines) is 1. The Kier molecular flexibility index (Phi) is 5.22. The lowest BCUT2D eigenvalue weighted by atomic mass is 9.97. The lowest BCUT2D eigenvalue weighted by Gasteiger charge is -2.22. The number of benzene rings is 1. The molecule has 0 aromatic heterocycles. The highest BCUT2D eigenvalue weighted by Gasteiger charge is 2.71. The van der Waals surface area contributed by atoms with E-state index >= 15 is 0 Å². The fraction of sp³-hybridized carbons (Fsp3) is 0.600. The zero-order valence-corrected chi connectivity index (χ0v) is 16.0. The summed E-state index contributed by atoms with van der Waals surface area (Å²) in [6.45, 7) is 7.18. The zero-order valence-electron chi connectivity index (χ0n) is 15.2. The number of hydrogen-bond acceptors (Lipinski definition) is 3. The molecule has 0 radical (unpaired) electrons. The van der Waals surface area contributed by atoms with E-state index in [2.05, 4.69) is 11.8 Å². The van der Waals surface area contributed by atoms with Crippen molar-refractivity contribution < 1.29 is 18.6 Å². The number of ether oxygens (including phenoxy) is 1. The molecule has 1 N–H and O–H groups in total. The summed E-state index contributed by atoms with van der Waals surface area (Å²) < 4.78 is 32.0. The minimum absolute atomic E-state index is 0.0781. The monoisotopic (exact) mass is 383 g/mol. The Labute approximate surface area is 158 Å². The van der Waals surface area contributed by atoms with Crippen molar-refractivity contribution in [2.45, 2.75) is 32.8 Å². The molecule has 1 aromatic rings. The van der Waals surface area contributed by atoms with E-state index < -0.39 is 23.9 Å². The van der Waals surface area contributed by atoms with Crippen LogP contribution in [0.1, 0.15) is 26.3 Å². The molecule has 1 saturated carbocycles. The lowest BCUT2D eigenvalue weighted by molar-refractivity contribution is 0.0302. The predicted molar refractivity (Wildman–Crippen MR) is 97.7 cm³/mol. The van der Waals surface area contributed by atoms with E-state index in [1.165, 1.54) is 0 Å². The van der Waals surface area contributed by atoms with Gasteiger partial charge in [-0.15, -0.1) is 0 Å². The van der Waals surface area contributed by atoms with E-state index in [4.69, 9.17) is 16.3 Å². The number of hydrogen-bond donors (Lipinski definition) is 1. The third kappa shape index (κ3) is 4.68. The SMILES string of the molecule is CC(C)(C)C#Cc1cc(Cl)cc(OCC(O)CN2CC3C(C2)C3(F)F)c1. The highest BCUT2D eigenvalue weighted by atomic mass is 35.5. The van der Waals surface area contributed by atoms with Gasteiger partial charge in [-0.2, -0.15) is 0 Å². The molecule has 0 bridgehead atoms. The molecule has 3 unspecified atom stereocenters. The van der Waals surface area contributed by atoms with Crippen molar-refractivity contribution in [1.29, 1.82) is 0 Å². The summed E-state index contributed by atoms with van der Waals surface area (Å²) in [5.41, 5.74) is 0.631. The van der Waals surface area contributed by atoms with Gasteiger partial charge in [0.2, 0.25) is 0 Å². The average molecular weight is 384 g/mol. The molecule has 3 atom stereocenters. The number of halogens is 3. The van der Waals surface area contributed by atoms with Crippen molar-refractivity contribution in [2.24, 2.45) is 17.3 Å². The summed E-state index contributed by atoms with van der Waals surface area (Å²) in [4.78, 5) is 1.87. The number of β-amino-alcohol motifs (C(OH)–C–C–N with tert-alkyl or cyclic N) is 1. The van der Waals surface area contributed by atoms with Gasteiger partial charge >= 0.3 is 0 Å². The van der Waals surface area contributed by atoms with Gasteiger partial charge in [0.15, 0.2) is 0 Å². The van der Waals surface area contributed by atoms with Crippen molar-refractivity contribution in [3.05, 3.63) is 28.8 Å². The zero-order chi connectivity index (χ0) is 19.1. The number of alkyl halides is 2. The molecule has 2 fully saturated rings. The van der Waals surface area contributed by atoms with Crippen molar-refractivity contribution in [3.63, 3.8) is 0 Å². The van der Waals surface area contributed by atoms with Gasteiger partial charge in [0.1, 0.15) is 18.5 Å². The Morgan fingerprint density at radius 1 is 1.31 bits per heavy atom. The van der Waals surface area contributed by atoms with Gasteiger partial charge in [0.25, 0.3) is 5.92 Å². The topological polar surface area (TPSA) is 32.7 Å². The van der Waals surface area contributed by atoms with Crippen molar-refractivity contribution in [3.8, 4) is 17.6 Å². The van der Waals surface area contributed by atoms with Crippen LogP contribution in [-0.4, -0.2) is 48.3 Å². The molecular formula is C20H24ClF2NO2. The van der Waals surface area contributed by atoms with Crippen molar-refractivity contribution >= 4 is 11.6 Å². The first-order valence-electron chi connectivity index (χ1n) is 8.79. The highest BCUT2D eigenvalue weighted by molar-refractivity contribution is 6.30. The van der Waals surface area contributed by atoms with Gasteiger partial charge in [-0.05, 0) is 39.0 Å². The molecule has 1 saturated heterocycles. The Bertz CT molecular complexity index is 722. The first-order chi connectivity index (χ1) is 12.0. The van der Waals surface area contributed by atoms with E-state index in [9.17, 15) is 13.9 Å². The molecule has 0 spiro atoms. The van der Waals surface area contributed by atoms with Gasteiger partial charge in [0, 0.05) is 47.5 Å². The van der Waals surface area contributed by atoms with E-state index in [-0.39, 0.29) is 12.0 Å². The Balaban J connectivity index is 1.51. The number of fused-ring (bicyclic) bond motifs is 1. The molecule has 142 valence electrons. The van der Waals surface area contributed by atoms with Crippen LogP contribution in [0.25, 0.3) is 0 Å². The van der Waals surface area contributed by atoms with Crippen LogP contribution >= 0.6 is 11.6 Å². The second-order valence-electron chi connectivity index (χ2n) is 8.25. The van der Waals surface area contributed by atoms with Crippen LogP contribution < -0.4 is 4.74 Å². The molecular weight excluding hydrogens is 360 g/mol. The summed E-state index contributed by atoms with van der Waals surface area (Å²) in [5, 5.41) is 10.6. The maximum absolute atomic E-state index is 13.2. The fourth-order valence-corrected chi connectivity index (χ4v) is 3.48. The Morgan fingerprint density at radius 2 is 1.96 bits per heavy atom. The summed E-state index contributed by atoms with van der Waals surface area (Å²) in [5.74, 6) is 3.18. The minimum atomic E-state index is -2.50. The maximum atomic E-state index is 13.2. The van der Waals surface area contributed by atoms with Crippen molar-refractivity contribution in [1.82, 2.24) is 4.90 Å². The lowest BCUT2D eigenvalue weighted by Crippen LogP contribution is -2.37. The average Bonchev–Trinajstić information content (AvgIpc) is 2.86. The summed E-state index contributed by atoms with van der Waals surface area (Å²) in [6.07, 6.45) is -0.746. The number of aliphatic hydroxyl groups excluding tert-OH is 1. The van der Waals surface area contributed by atoms with Crippen LogP contribution in [-0.2, 0) is 0 Å². The summed E-state index contributed by atoms with van der Waals surface area (Å²) >= 11 is 6.11. The Hall–Kier alpha value is -1.35. The third-order valence-corrected chi connectivity index (χ3v) is 4.86. The highest BCUT2D eigenvalue weighted by Crippen LogP contribution is 2.59. The van der Waals surface area contributed by atoms with Crippen molar-refractivity contribution in [2.75, 3.05) is 26.2 Å². The number of aliphatic hydroxyl groups is 1. The minimum Gasteiger partial charge on any atom is -0.491 e. The van der Waals surface area contributed by atoms with Crippen LogP contribution in [0, 0.1) is 29.1 Å². The molecule has 1 heterocycles. The van der Waals surface area contributed by atoms with Gasteiger partial charge in [0.05, 0.1) is 0 Å². The van der Waals surface area contributed by atoms with E-state index in [0.29, 0.717) is 30.4 Å². The van der Waals surface area contributed by atoms with Gasteiger partial charge in [-0.25, -0.2) is 8.78 Å². The summed E-state index contributed by atoms with van der Waals surface area (Å²) in [7, 11) is 0. The number of nitrogens with zero attached hydrogens (tertiary/aromatic N) is 1. The molecule has 26 heavy (non-hydrogen) atoms. The van der Waals surface area contributed by atoms with Crippen LogP contribution in [0.2, 0.25) is 5.02 Å². The van der Waals surface area contributed by atoms with E-state index in [1.54, 1.807) is 18.2 Å². The first-order valence-corrected chi connectivity index (χ1v) is 9.17. The largest absolute Gasteiger partial charge is 0.491 e. The van der Waals surface area contributed by atoms with Crippen LogP contribution in [0.5, 0.6) is 5.75 Å². The van der Waals surface area contributed by atoms with Gasteiger partial charge < -0.3 is 9.84 Å². The third-order valence-electron chi connectivity index (χ3n) is 4.64. The molecule has 3 nitrogen and oxygen atoms in total. The van der Waals surface area contributed by atoms with E-state index in [0.717, 1.165) is 5.56 Å². The van der Waals surface area contributed by atoms with Gasteiger partial charge in [-0.1, -0.05) is 23.4 Å². The molecule has 1 aromatic carbocycles. The van der Waals surface area contributed by atoms with Crippen LogP contribution in [0.15, 0.2) is 18.2 Å². The molecule has 6 heteroatoms.